The molecule has 0 N–H and O–H groups in total. The molecule has 0 aliphatic carbocycles. The van der Waals surface area contributed by atoms with Gasteiger partial charge in [0, 0.05) is 0 Å². The van der Waals surface area contributed by atoms with Gasteiger partial charge in [-0.15, -0.1) is 16.4 Å². The summed E-state index contributed by atoms with van der Waals surface area (Å²) in [7, 11) is 0. The molecule has 0 bridgehead atoms. The van der Waals surface area contributed by atoms with Gasteiger partial charge in [-0.1, -0.05) is 37.3 Å². The summed E-state index contributed by atoms with van der Waals surface area (Å²) >= 11 is 1.57. The number of hydrogen-bond acceptors (Lipinski definition) is 4. The van der Waals surface area contributed by atoms with Crippen LogP contribution in [0.2, 0.25) is 0 Å². The molecule has 0 saturated heterocycles. The fourth-order valence-corrected chi connectivity index (χ4v) is 2.96. The van der Waals surface area contributed by atoms with E-state index in [0.717, 1.165) is 22.5 Å². The molecule has 3 aromatic rings. The molecule has 2 heterocycles. The van der Waals surface area contributed by atoms with Gasteiger partial charge in [0.2, 0.25) is 0 Å². The number of thiophene rings is 1. The summed E-state index contributed by atoms with van der Waals surface area (Å²) in [6.45, 7) is 4.32. The normalized spacial score (nSPS) is 11.0. The molecule has 0 fully saturated rings. The second-order valence-corrected chi connectivity index (χ2v) is 6.02. The van der Waals surface area contributed by atoms with E-state index in [1.54, 1.807) is 16.0 Å². The maximum Gasteiger partial charge on any atom is 0.172 e. The van der Waals surface area contributed by atoms with Crippen LogP contribution in [0.5, 0.6) is 0 Å². The van der Waals surface area contributed by atoms with E-state index in [4.69, 9.17) is 0 Å². The number of aldehydes is 1. The Morgan fingerprint density at radius 1 is 1.19 bits per heavy atom. The molecule has 1 aromatic carbocycles. The van der Waals surface area contributed by atoms with E-state index in [2.05, 4.69) is 36.3 Å². The maximum absolute atomic E-state index is 11.2. The van der Waals surface area contributed by atoms with Crippen molar-refractivity contribution < 1.29 is 4.79 Å². The van der Waals surface area contributed by atoms with Crippen molar-refractivity contribution in [3.8, 4) is 16.3 Å². The lowest BCUT2D eigenvalue weighted by molar-refractivity contribution is 0.111. The molecule has 0 aliphatic rings. The zero-order valence-electron chi connectivity index (χ0n) is 11.9. The highest BCUT2D eigenvalue weighted by Gasteiger charge is 2.16. The molecule has 4 nitrogen and oxygen atoms in total. The molecule has 3 rings (SSSR count). The SMILES string of the molecule is CC(C)c1ccc(-n2nnc(C=O)c2-c2cccs2)cc1. The molecule has 0 aliphatic heterocycles. The Balaban J connectivity index is 2.10. The summed E-state index contributed by atoms with van der Waals surface area (Å²) in [6, 6.07) is 12.1. The number of rotatable bonds is 4. The fraction of sp³-hybridized carbons (Fsp3) is 0.188. The zero-order chi connectivity index (χ0) is 14.8. The van der Waals surface area contributed by atoms with Crippen LogP contribution in [0.1, 0.15) is 35.8 Å². The molecule has 0 atom stereocenters. The predicted octanol–water partition coefficient (Wildman–Crippen LogP) is 3.93. The Morgan fingerprint density at radius 3 is 2.52 bits per heavy atom. The largest absolute Gasteiger partial charge is 0.296 e. The third-order valence-electron chi connectivity index (χ3n) is 3.37. The van der Waals surface area contributed by atoms with Crippen molar-refractivity contribution in [1.29, 1.82) is 0 Å². The van der Waals surface area contributed by atoms with Crippen LogP contribution < -0.4 is 0 Å². The first-order chi connectivity index (χ1) is 10.2. The third kappa shape index (κ3) is 2.52. The van der Waals surface area contributed by atoms with Gasteiger partial charge in [0.1, 0.15) is 5.69 Å². The quantitative estimate of drug-likeness (QED) is 0.685. The second-order valence-electron chi connectivity index (χ2n) is 5.08. The minimum absolute atomic E-state index is 0.366. The van der Waals surface area contributed by atoms with Gasteiger partial charge in [-0.25, -0.2) is 4.68 Å². The van der Waals surface area contributed by atoms with Gasteiger partial charge in [0.05, 0.1) is 10.6 Å². The summed E-state index contributed by atoms with van der Waals surface area (Å²) in [6.07, 6.45) is 0.751. The Labute approximate surface area is 127 Å². The first-order valence-electron chi connectivity index (χ1n) is 6.76. The third-order valence-corrected chi connectivity index (χ3v) is 4.24. The van der Waals surface area contributed by atoms with Gasteiger partial charge >= 0.3 is 0 Å². The summed E-state index contributed by atoms with van der Waals surface area (Å²) in [5.41, 5.74) is 3.29. The minimum Gasteiger partial charge on any atom is -0.296 e. The van der Waals surface area contributed by atoms with Crippen LogP contribution in [0.25, 0.3) is 16.3 Å². The van der Waals surface area contributed by atoms with E-state index in [1.165, 1.54) is 5.56 Å². The van der Waals surface area contributed by atoms with Crippen molar-refractivity contribution in [1.82, 2.24) is 15.0 Å². The van der Waals surface area contributed by atoms with Crippen LogP contribution in [-0.4, -0.2) is 21.3 Å². The fourth-order valence-electron chi connectivity index (χ4n) is 2.20. The van der Waals surface area contributed by atoms with Gasteiger partial charge in [0.15, 0.2) is 12.0 Å². The zero-order valence-corrected chi connectivity index (χ0v) is 12.7. The predicted molar refractivity (Wildman–Crippen MR) is 84.1 cm³/mol. The Kier molecular flexibility index (Phi) is 3.66. The topological polar surface area (TPSA) is 47.8 Å². The molecular weight excluding hydrogens is 282 g/mol. The minimum atomic E-state index is 0.366. The standard InChI is InChI=1S/C16H15N3OS/c1-11(2)12-5-7-13(8-6-12)19-16(14(10-20)17-18-19)15-4-3-9-21-15/h3-11H,1-2H3. The maximum atomic E-state index is 11.2. The highest BCUT2D eigenvalue weighted by atomic mass is 32.1. The average molecular weight is 297 g/mol. The van der Waals surface area contributed by atoms with Crippen molar-refractivity contribution in [3.63, 3.8) is 0 Å². The number of hydrogen-bond donors (Lipinski definition) is 0. The van der Waals surface area contributed by atoms with E-state index < -0.39 is 0 Å². The monoisotopic (exact) mass is 297 g/mol. The van der Waals surface area contributed by atoms with Crippen LogP contribution in [0.4, 0.5) is 0 Å². The Morgan fingerprint density at radius 2 is 1.95 bits per heavy atom. The van der Waals surface area contributed by atoms with Crippen molar-refractivity contribution >= 4 is 17.6 Å². The van der Waals surface area contributed by atoms with E-state index >= 15 is 0 Å². The molecule has 0 amide bonds. The lowest BCUT2D eigenvalue weighted by Gasteiger charge is -2.08. The van der Waals surface area contributed by atoms with E-state index in [0.29, 0.717) is 11.6 Å². The van der Waals surface area contributed by atoms with Crippen LogP contribution in [0.15, 0.2) is 41.8 Å². The second kappa shape index (κ2) is 5.61. The highest BCUT2D eigenvalue weighted by Crippen LogP contribution is 2.28. The van der Waals surface area contributed by atoms with Gasteiger partial charge < -0.3 is 0 Å². The molecular formula is C16H15N3OS. The van der Waals surface area contributed by atoms with Crippen molar-refractivity contribution in [3.05, 3.63) is 53.0 Å². The van der Waals surface area contributed by atoms with E-state index in [9.17, 15) is 4.79 Å². The van der Waals surface area contributed by atoms with Crippen molar-refractivity contribution in [2.24, 2.45) is 0 Å². The Bertz CT molecular complexity index is 742. The molecule has 106 valence electrons. The number of carbonyl (C=O) groups excluding carboxylic acids is 1. The smallest absolute Gasteiger partial charge is 0.172 e. The average Bonchev–Trinajstić information content (AvgIpc) is 3.15. The highest BCUT2D eigenvalue weighted by molar-refractivity contribution is 7.13. The summed E-state index contributed by atoms with van der Waals surface area (Å²) < 4.78 is 1.72. The van der Waals surface area contributed by atoms with Gasteiger partial charge in [-0.2, -0.15) is 0 Å². The number of nitrogens with zero attached hydrogens (tertiary/aromatic N) is 3. The molecule has 2 aromatic heterocycles. The molecule has 5 heteroatoms. The number of aromatic nitrogens is 3. The van der Waals surface area contributed by atoms with Gasteiger partial charge in [0.25, 0.3) is 0 Å². The van der Waals surface area contributed by atoms with Crippen LogP contribution >= 0.6 is 11.3 Å². The first kappa shape index (κ1) is 13.7. The lowest BCUT2D eigenvalue weighted by Crippen LogP contribution is -2.00. The van der Waals surface area contributed by atoms with Crippen LogP contribution in [-0.2, 0) is 0 Å². The van der Waals surface area contributed by atoms with Gasteiger partial charge in [-0.3, -0.25) is 4.79 Å². The van der Waals surface area contributed by atoms with Crippen LogP contribution in [0.3, 0.4) is 0 Å². The summed E-state index contributed by atoms with van der Waals surface area (Å²) in [5, 5.41) is 10.1. The van der Waals surface area contributed by atoms with Crippen LogP contribution in [0, 0.1) is 0 Å². The summed E-state index contributed by atoms with van der Waals surface area (Å²) in [4.78, 5) is 12.2. The molecule has 0 unspecified atom stereocenters. The molecule has 0 saturated carbocycles. The van der Waals surface area contributed by atoms with E-state index in [-0.39, 0.29) is 0 Å². The van der Waals surface area contributed by atoms with Crippen molar-refractivity contribution in [2.45, 2.75) is 19.8 Å². The number of benzene rings is 1. The molecule has 0 radical (unpaired) electrons. The molecule has 0 spiro atoms. The summed E-state index contributed by atoms with van der Waals surface area (Å²) in [5.74, 6) is 0.483. The molecule has 21 heavy (non-hydrogen) atoms. The first-order valence-corrected chi connectivity index (χ1v) is 7.63. The van der Waals surface area contributed by atoms with Gasteiger partial charge in [-0.05, 0) is 35.1 Å². The lowest BCUT2D eigenvalue weighted by atomic mass is 10.0. The number of carbonyl (C=O) groups is 1. The van der Waals surface area contributed by atoms with Crippen molar-refractivity contribution in [2.75, 3.05) is 0 Å². The Hall–Kier alpha value is -2.27. The van der Waals surface area contributed by atoms with E-state index in [1.807, 2.05) is 29.6 Å².